The summed E-state index contributed by atoms with van der Waals surface area (Å²) in [5.74, 6) is 0.638. The fourth-order valence-electron chi connectivity index (χ4n) is 2.81. The summed E-state index contributed by atoms with van der Waals surface area (Å²) < 4.78 is 0. The Balaban J connectivity index is 1.98. The fraction of sp³-hybridized carbons (Fsp3) is 0.625. The smallest absolute Gasteiger partial charge is 0.00707 e. The van der Waals surface area contributed by atoms with Gasteiger partial charge >= 0.3 is 0 Å². The fourth-order valence-corrected chi connectivity index (χ4v) is 2.81. The summed E-state index contributed by atoms with van der Waals surface area (Å²) in [6.45, 7) is 8.00. The van der Waals surface area contributed by atoms with Crippen molar-refractivity contribution in [3.05, 3.63) is 34.9 Å². The highest BCUT2D eigenvalue weighted by atomic mass is 14.9. The van der Waals surface area contributed by atoms with Crippen molar-refractivity contribution in [3.63, 3.8) is 0 Å². The topological polar surface area (TPSA) is 12.0 Å². The lowest BCUT2D eigenvalue weighted by Crippen LogP contribution is -2.21. The van der Waals surface area contributed by atoms with Gasteiger partial charge in [0.2, 0.25) is 0 Å². The van der Waals surface area contributed by atoms with E-state index in [1.165, 1.54) is 48.9 Å². The zero-order valence-electron chi connectivity index (χ0n) is 11.4. The van der Waals surface area contributed by atoms with E-state index in [9.17, 15) is 0 Å². The van der Waals surface area contributed by atoms with E-state index in [2.05, 4.69) is 44.3 Å². The van der Waals surface area contributed by atoms with Crippen molar-refractivity contribution in [1.82, 2.24) is 5.32 Å². The van der Waals surface area contributed by atoms with E-state index in [-0.39, 0.29) is 0 Å². The Kier molecular flexibility index (Phi) is 4.22. The first-order valence-corrected chi connectivity index (χ1v) is 6.99. The van der Waals surface area contributed by atoms with E-state index in [1.807, 2.05) is 0 Å². The molecule has 1 fully saturated rings. The maximum atomic E-state index is 3.58. The minimum Gasteiger partial charge on any atom is -0.314 e. The number of nitrogens with one attached hydrogen (secondary N) is 1. The first-order valence-electron chi connectivity index (χ1n) is 6.99. The third-order valence-corrected chi connectivity index (χ3v) is 3.91. The Morgan fingerprint density at radius 3 is 2.82 bits per heavy atom. The molecule has 1 unspecified atom stereocenters. The molecule has 1 heterocycles. The van der Waals surface area contributed by atoms with Gasteiger partial charge in [0.1, 0.15) is 0 Å². The van der Waals surface area contributed by atoms with Crippen LogP contribution >= 0.6 is 0 Å². The van der Waals surface area contributed by atoms with Gasteiger partial charge in [0.05, 0.1) is 0 Å². The summed E-state index contributed by atoms with van der Waals surface area (Å²) in [4.78, 5) is 0. The molecular formula is C16H25N. The molecule has 0 aromatic heterocycles. The SMILES string of the molecule is Cc1ccc(CCC2CCCN2)cc1C(C)C. The van der Waals surface area contributed by atoms with Crippen molar-refractivity contribution in [1.29, 1.82) is 0 Å². The van der Waals surface area contributed by atoms with E-state index >= 15 is 0 Å². The highest BCUT2D eigenvalue weighted by Gasteiger charge is 2.13. The van der Waals surface area contributed by atoms with Crippen LogP contribution in [-0.2, 0) is 6.42 Å². The number of aryl methyl sites for hydroxylation is 2. The minimum absolute atomic E-state index is 0.638. The molecule has 1 heteroatoms. The van der Waals surface area contributed by atoms with Gasteiger partial charge in [-0.25, -0.2) is 0 Å². The minimum atomic E-state index is 0.638. The first-order chi connectivity index (χ1) is 8.16. The van der Waals surface area contributed by atoms with Gasteiger partial charge in [0, 0.05) is 6.04 Å². The van der Waals surface area contributed by atoms with Crippen molar-refractivity contribution >= 4 is 0 Å². The molecule has 17 heavy (non-hydrogen) atoms. The van der Waals surface area contributed by atoms with Crippen LogP contribution in [0.4, 0.5) is 0 Å². The number of hydrogen-bond donors (Lipinski definition) is 1. The van der Waals surface area contributed by atoms with E-state index < -0.39 is 0 Å². The molecule has 0 amide bonds. The van der Waals surface area contributed by atoms with Crippen LogP contribution < -0.4 is 5.32 Å². The molecule has 1 saturated heterocycles. The molecule has 0 aliphatic carbocycles. The first kappa shape index (κ1) is 12.6. The van der Waals surface area contributed by atoms with Gasteiger partial charge in [0.15, 0.2) is 0 Å². The number of hydrogen-bond acceptors (Lipinski definition) is 1. The Morgan fingerprint density at radius 2 is 2.18 bits per heavy atom. The maximum absolute atomic E-state index is 3.58. The van der Waals surface area contributed by atoms with Crippen molar-refractivity contribution in [2.24, 2.45) is 0 Å². The summed E-state index contributed by atoms with van der Waals surface area (Å²) >= 11 is 0. The highest BCUT2D eigenvalue weighted by Crippen LogP contribution is 2.22. The quantitative estimate of drug-likeness (QED) is 0.831. The van der Waals surface area contributed by atoms with Gasteiger partial charge in [-0.15, -0.1) is 0 Å². The van der Waals surface area contributed by atoms with Crippen LogP contribution in [0.2, 0.25) is 0 Å². The average Bonchev–Trinajstić information content (AvgIpc) is 2.80. The standard InChI is InChI=1S/C16H25N/c1-12(2)16-11-14(7-6-13(16)3)8-9-15-5-4-10-17-15/h6-7,11-12,15,17H,4-5,8-10H2,1-3H3. The molecule has 1 aliphatic rings. The van der Waals surface area contributed by atoms with E-state index in [1.54, 1.807) is 0 Å². The van der Waals surface area contributed by atoms with Crippen molar-refractivity contribution < 1.29 is 0 Å². The van der Waals surface area contributed by atoms with Gasteiger partial charge in [-0.1, -0.05) is 32.0 Å². The Hall–Kier alpha value is -0.820. The molecule has 0 radical (unpaired) electrons. The molecule has 94 valence electrons. The van der Waals surface area contributed by atoms with Gasteiger partial charge in [0.25, 0.3) is 0 Å². The third-order valence-electron chi connectivity index (χ3n) is 3.91. The molecule has 1 aromatic carbocycles. The predicted octanol–water partition coefficient (Wildman–Crippen LogP) is 3.80. The predicted molar refractivity (Wildman–Crippen MR) is 74.6 cm³/mol. The second-order valence-corrected chi connectivity index (χ2v) is 5.68. The van der Waals surface area contributed by atoms with Crippen LogP contribution in [0.25, 0.3) is 0 Å². The molecule has 0 spiro atoms. The highest BCUT2D eigenvalue weighted by molar-refractivity contribution is 5.33. The van der Waals surface area contributed by atoms with Gasteiger partial charge in [-0.2, -0.15) is 0 Å². The van der Waals surface area contributed by atoms with E-state index in [0.29, 0.717) is 5.92 Å². The molecule has 1 atom stereocenters. The third kappa shape index (κ3) is 3.32. The molecule has 1 aliphatic heterocycles. The number of benzene rings is 1. The van der Waals surface area contributed by atoms with E-state index in [0.717, 1.165) is 6.04 Å². The summed E-state index contributed by atoms with van der Waals surface area (Å²) in [7, 11) is 0. The van der Waals surface area contributed by atoms with Gasteiger partial charge in [-0.05, 0) is 61.8 Å². The average molecular weight is 231 g/mol. The molecule has 2 rings (SSSR count). The lowest BCUT2D eigenvalue weighted by atomic mass is 9.94. The Bertz CT molecular complexity index is 362. The van der Waals surface area contributed by atoms with Gasteiger partial charge < -0.3 is 5.32 Å². The van der Waals surface area contributed by atoms with Crippen molar-refractivity contribution in [2.45, 2.75) is 58.4 Å². The molecular weight excluding hydrogens is 206 g/mol. The van der Waals surface area contributed by atoms with Crippen LogP contribution in [0, 0.1) is 6.92 Å². The second kappa shape index (κ2) is 5.68. The molecule has 0 bridgehead atoms. The maximum Gasteiger partial charge on any atom is 0.00707 e. The Labute approximate surface area is 106 Å². The molecule has 1 nitrogen and oxygen atoms in total. The second-order valence-electron chi connectivity index (χ2n) is 5.68. The molecule has 1 aromatic rings. The Morgan fingerprint density at radius 1 is 1.35 bits per heavy atom. The van der Waals surface area contributed by atoms with Crippen LogP contribution in [0.3, 0.4) is 0 Å². The lowest BCUT2D eigenvalue weighted by Gasteiger charge is -2.14. The van der Waals surface area contributed by atoms with E-state index in [4.69, 9.17) is 0 Å². The zero-order chi connectivity index (χ0) is 12.3. The summed E-state index contributed by atoms with van der Waals surface area (Å²) in [6, 6.07) is 7.76. The van der Waals surface area contributed by atoms with Crippen LogP contribution in [-0.4, -0.2) is 12.6 Å². The van der Waals surface area contributed by atoms with Crippen molar-refractivity contribution in [2.75, 3.05) is 6.54 Å². The van der Waals surface area contributed by atoms with Crippen LogP contribution in [0.1, 0.15) is 55.7 Å². The molecule has 1 N–H and O–H groups in total. The zero-order valence-corrected chi connectivity index (χ0v) is 11.4. The normalized spacial score (nSPS) is 20.1. The monoisotopic (exact) mass is 231 g/mol. The summed E-state index contributed by atoms with van der Waals surface area (Å²) in [5, 5.41) is 3.58. The summed E-state index contributed by atoms with van der Waals surface area (Å²) in [5.41, 5.74) is 4.46. The van der Waals surface area contributed by atoms with Crippen LogP contribution in [0.15, 0.2) is 18.2 Å². The summed E-state index contributed by atoms with van der Waals surface area (Å²) in [6.07, 6.45) is 5.23. The molecule has 0 saturated carbocycles. The van der Waals surface area contributed by atoms with Crippen molar-refractivity contribution in [3.8, 4) is 0 Å². The largest absolute Gasteiger partial charge is 0.314 e. The number of rotatable bonds is 4. The lowest BCUT2D eigenvalue weighted by molar-refractivity contribution is 0.559. The van der Waals surface area contributed by atoms with Gasteiger partial charge in [-0.3, -0.25) is 0 Å². The van der Waals surface area contributed by atoms with Crippen LogP contribution in [0.5, 0.6) is 0 Å².